The van der Waals surface area contributed by atoms with Gasteiger partial charge in [-0.25, -0.2) is 9.37 Å². The van der Waals surface area contributed by atoms with Gasteiger partial charge in [0.25, 0.3) is 5.91 Å². The van der Waals surface area contributed by atoms with Gasteiger partial charge in [0.2, 0.25) is 0 Å². The summed E-state index contributed by atoms with van der Waals surface area (Å²) in [6.45, 7) is 1.72. The van der Waals surface area contributed by atoms with Crippen LogP contribution in [0.25, 0.3) is 0 Å². The van der Waals surface area contributed by atoms with Crippen LogP contribution in [0.1, 0.15) is 15.9 Å². The molecule has 18 heavy (non-hydrogen) atoms. The highest BCUT2D eigenvalue weighted by Gasteiger charge is 2.11. The van der Waals surface area contributed by atoms with Crippen molar-refractivity contribution in [2.75, 3.05) is 5.32 Å². The molecule has 1 heterocycles. The molecule has 1 amide bonds. The van der Waals surface area contributed by atoms with Gasteiger partial charge in [0, 0.05) is 6.20 Å². The lowest BCUT2D eigenvalue weighted by Gasteiger charge is -2.09. The van der Waals surface area contributed by atoms with Crippen LogP contribution in [0.15, 0.2) is 36.5 Å². The molecule has 0 aliphatic rings. The molecule has 0 aliphatic carbocycles. The maximum atomic E-state index is 13.5. The van der Waals surface area contributed by atoms with E-state index in [4.69, 9.17) is 11.6 Å². The topological polar surface area (TPSA) is 42.0 Å². The van der Waals surface area contributed by atoms with Crippen molar-refractivity contribution < 1.29 is 9.18 Å². The number of nitrogens with one attached hydrogen (secondary N) is 1. The van der Waals surface area contributed by atoms with Crippen LogP contribution in [0.5, 0.6) is 0 Å². The highest BCUT2D eigenvalue weighted by Crippen LogP contribution is 2.19. The van der Waals surface area contributed by atoms with Crippen LogP contribution in [0.2, 0.25) is 5.15 Å². The molecular weight excluding hydrogens is 255 g/mol. The van der Waals surface area contributed by atoms with Crippen LogP contribution >= 0.6 is 11.6 Å². The van der Waals surface area contributed by atoms with Crippen LogP contribution in [-0.4, -0.2) is 10.9 Å². The monoisotopic (exact) mass is 264 g/mol. The molecule has 0 unspecified atom stereocenters. The van der Waals surface area contributed by atoms with Gasteiger partial charge in [0.05, 0.1) is 11.3 Å². The van der Waals surface area contributed by atoms with E-state index in [9.17, 15) is 9.18 Å². The number of rotatable bonds is 2. The number of carbonyl (C=O) groups excluding carboxylic acids is 1. The average molecular weight is 265 g/mol. The number of anilines is 1. The predicted octanol–water partition coefficient (Wildman–Crippen LogP) is 3.43. The SMILES string of the molecule is Cc1cccc(F)c1NC(=O)c1ccc(Cl)nc1. The summed E-state index contributed by atoms with van der Waals surface area (Å²) in [5.74, 6) is -0.891. The zero-order valence-electron chi connectivity index (χ0n) is 9.58. The van der Waals surface area contributed by atoms with E-state index < -0.39 is 11.7 Å². The Kier molecular flexibility index (Phi) is 3.58. The zero-order valence-corrected chi connectivity index (χ0v) is 10.3. The molecule has 3 nitrogen and oxygen atoms in total. The average Bonchev–Trinajstić information content (AvgIpc) is 2.34. The smallest absolute Gasteiger partial charge is 0.257 e. The molecule has 2 rings (SSSR count). The zero-order chi connectivity index (χ0) is 13.1. The van der Waals surface area contributed by atoms with Crippen LogP contribution in [-0.2, 0) is 0 Å². The predicted molar refractivity (Wildman–Crippen MR) is 68.3 cm³/mol. The third-order valence-electron chi connectivity index (χ3n) is 2.45. The number of hydrogen-bond donors (Lipinski definition) is 1. The van der Waals surface area contributed by atoms with E-state index in [1.165, 1.54) is 24.4 Å². The van der Waals surface area contributed by atoms with Crippen LogP contribution in [0, 0.1) is 12.7 Å². The summed E-state index contributed by atoms with van der Waals surface area (Å²) in [5, 5.41) is 2.82. The Morgan fingerprint density at radius 1 is 1.33 bits per heavy atom. The molecule has 1 aromatic carbocycles. The molecule has 1 aromatic heterocycles. The summed E-state index contributed by atoms with van der Waals surface area (Å²) in [5.41, 5.74) is 1.16. The van der Waals surface area contributed by atoms with Crippen LogP contribution in [0.3, 0.4) is 0 Å². The normalized spacial score (nSPS) is 10.2. The second-order valence-electron chi connectivity index (χ2n) is 3.76. The number of hydrogen-bond acceptors (Lipinski definition) is 2. The Bertz CT molecular complexity index is 564. The molecule has 0 radical (unpaired) electrons. The van der Waals surface area contributed by atoms with Gasteiger partial charge in [0.15, 0.2) is 0 Å². The minimum Gasteiger partial charge on any atom is -0.319 e. The fraction of sp³-hybridized carbons (Fsp3) is 0.0769. The van der Waals surface area contributed by atoms with Gasteiger partial charge in [-0.05, 0) is 30.7 Å². The molecular formula is C13H10ClFN2O. The summed E-state index contributed by atoms with van der Waals surface area (Å²) in [6, 6.07) is 7.64. The first-order chi connectivity index (χ1) is 8.58. The van der Waals surface area contributed by atoms with E-state index in [1.54, 1.807) is 19.1 Å². The highest BCUT2D eigenvalue weighted by atomic mass is 35.5. The fourth-order valence-electron chi connectivity index (χ4n) is 1.49. The Labute approximate surface area is 109 Å². The maximum Gasteiger partial charge on any atom is 0.257 e. The third kappa shape index (κ3) is 2.65. The van der Waals surface area contributed by atoms with Gasteiger partial charge in [-0.15, -0.1) is 0 Å². The molecule has 0 bridgehead atoms. The molecule has 0 saturated heterocycles. The minimum atomic E-state index is -0.467. The van der Waals surface area contributed by atoms with E-state index in [0.717, 1.165) is 0 Å². The van der Waals surface area contributed by atoms with E-state index >= 15 is 0 Å². The number of benzene rings is 1. The number of halogens is 2. The molecule has 0 fully saturated rings. The van der Waals surface area contributed by atoms with Gasteiger partial charge < -0.3 is 5.32 Å². The number of nitrogens with zero attached hydrogens (tertiary/aromatic N) is 1. The van der Waals surface area contributed by atoms with Crippen LogP contribution < -0.4 is 5.32 Å². The second-order valence-corrected chi connectivity index (χ2v) is 4.14. The van der Waals surface area contributed by atoms with Crippen molar-refractivity contribution in [1.29, 1.82) is 0 Å². The van der Waals surface area contributed by atoms with Gasteiger partial charge in [-0.2, -0.15) is 0 Å². The van der Waals surface area contributed by atoms with Gasteiger partial charge in [-0.1, -0.05) is 23.7 Å². The fourth-order valence-corrected chi connectivity index (χ4v) is 1.60. The first-order valence-corrected chi connectivity index (χ1v) is 5.64. The van der Waals surface area contributed by atoms with Crippen molar-refractivity contribution in [2.24, 2.45) is 0 Å². The number of aryl methyl sites for hydroxylation is 1. The summed E-state index contributed by atoms with van der Waals surface area (Å²) in [6.07, 6.45) is 1.34. The molecule has 0 saturated carbocycles. The number of para-hydroxylation sites is 1. The Balaban J connectivity index is 2.24. The first-order valence-electron chi connectivity index (χ1n) is 5.26. The number of amides is 1. The molecule has 1 N–H and O–H groups in total. The van der Waals surface area contributed by atoms with Gasteiger partial charge in [-0.3, -0.25) is 4.79 Å². The van der Waals surface area contributed by atoms with E-state index in [-0.39, 0.29) is 5.69 Å². The maximum absolute atomic E-state index is 13.5. The van der Waals surface area contributed by atoms with Crippen LogP contribution in [0.4, 0.5) is 10.1 Å². The lowest BCUT2D eigenvalue weighted by molar-refractivity contribution is 0.102. The standard InChI is InChI=1S/C13H10ClFN2O/c1-8-3-2-4-10(15)12(8)17-13(18)9-5-6-11(14)16-7-9/h2-7H,1H3,(H,17,18). The van der Waals surface area contributed by atoms with Gasteiger partial charge >= 0.3 is 0 Å². The highest BCUT2D eigenvalue weighted by molar-refractivity contribution is 6.29. The quantitative estimate of drug-likeness (QED) is 0.845. The van der Waals surface area contributed by atoms with Crippen molar-refractivity contribution in [3.8, 4) is 0 Å². The Hall–Kier alpha value is -1.94. The van der Waals surface area contributed by atoms with Crippen molar-refractivity contribution in [3.05, 3.63) is 58.6 Å². The lowest BCUT2D eigenvalue weighted by Crippen LogP contribution is -2.14. The molecule has 0 spiro atoms. The third-order valence-corrected chi connectivity index (χ3v) is 2.67. The Morgan fingerprint density at radius 3 is 2.72 bits per heavy atom. The second kappa shape index (κ2) is 5.14. The largest absolute Gasteiger partial charge is 0.319 e. The molecule has 0 aliphatic heterocycles. The van der Waals surface area contributed by atoms with Gasteiger partial charge in [0.1, 0.15) is 11.0 Å². The van der Waals surface area contributed by atoms with E-state index in [0.29, 0.717) is 16.3 Å². The number of aromatic nitrogens is 1. The van der Waals surface area contributed by atoms with Crippen molar-refractivity contribution >= 4 is 23.2 Å². The van der Waals surface area contributed by atoms with E-state index in [1.807, 2.05) is 0 Å². The van der Waals surface area contributed by atoms with Crippen molar-refractivity contribution in [2.45, 2.75) is 6.92 Å². The Morgan fingerprint density at radius 2 is 2.11 bits per heavy atom. The van der Waals surface area contributed by atoms with Crippen molar-refractivity contribution in [1.82, 2.24) is 4.98 Å². The first kappa shape index (κ1) is 12.5. The molecule has 5 heteroatoms. The summed E-state index contributed by atoms with van der Waals surface area (Å²) in [7, 11) is 0. The number of pyridine rings is 1. The van der Waals surface area contributed by atoms with E-state index in [2.05, 4.69) is 10.3 Å². The molecule has 92 valence electrons. The number of carbonyl (C=O) groups is 1. The minimum absolute atomic E-state index is 0.178. The van der Waals surface area contributed by atoms with Crippen molar-refractivity contribution in [3.63, 3.8) is 0 Å². The summed E-state index contributed by atoms with van der Waals surface area (Å²) < 4.78 is 13.5. The molecule has 0 atom stereocenters. The lowest BCUT2D eigenvalue weighted by atomic mass is 10.2. The summed E-state index contributed by atoms with van der Waals surface area (Å²) >= 11 is 5.62. The molecule has 2 aromatic rings. The summed E-state index contributed by atoms with van der Waals surface area (Å²) in [4.78, 5) is 15.7.